The molecule has 0 aromatic carbocycles. The third kappa shape index (κ3) is 31.6. The quantitative estimate of drug-likeness (QED) is 0.0363. The van der Waals surface area contributed by atoms with E-state index in [1.165, 1.54) is 109 Å². The number of aliphatic hydroxyl groups excluding tert-OH is 1. The molecule has 0 aromatic heterocycles. The molecule has 0 heterocycles. The number of aliphatic imine (C=N–C) groups is 1. The highest BCUT2D eigenvalue weighted by molar-refractivity contribution is 5.69. The van der Waals surface area contributed by atoms with Crippen LogP contribution in [-0.2, 0) is 14.3 Å². The molecule has 0 aliphatic heterocycles. The van der Waals surface area contributed by atoms with Crippen LogP contribution >= 0.6 is 0 Å². The van der Waals surface area contributed by atoms with E-state index in [-0.39, 0.29) is 18.2 Å². The predicted octanol–water partition coefficient (Wildman–Crippen LogP) is 10.9. The molecule has 242 valence electrons. The van der Waals surface area contributed by atoms with Gasteiger partial charge in [0.25, 0.3) is 0 Å². The van der Waals surface area contributed by atoms with Crippen molar-refractivity contribution >= 4 is 12.0 Å². The molecule has 2 atom stereocenters. The molecule has 0 aliphatic carbocycles. The van der Waals surface area contributed by atoms with Crippen LogP contribution in [-0.4, -0.2) is 35.9 Å². The van der Waals surface area contributed by atoms with E-state index in [4.69, 9.17) is 4.74 Å². The van der Waals surface area contributed by atoms with Crippen LogP contribution in [0, 0.1) is 0 Å². The van der Waals surface area contributed by atoms with E-state index in [1.807, 2.05) is 0 Å². The Bertz CT molecular complexity index is 590. The number of hydrogen-bond acceptors (Lipinski definition) is 5. The average molecular weight is 580 g/mol. The topological polar surface area (TPSA) is 76.0 Å². The van der Waals surface area contributed by atoms with Crippen molar-refractivity contribution in [3.63, 3.8) is 0 Å². The van der Waals surface area contributed by atoms with Gasteiger partial charge in [0.2, 0.25) is 6.08 Å². The summed E-state index contributed by atoms with van der Waals surface area (Å²) in [7, 11) is 0. The first-order valence-corrected chi connectivity index (χ1v) is 18.0. The minimum atomic E-state index is -0.0920. The number of esters is 1. The van der Waals surface area contributed by atoms with Gasteiger partial charge in [-0.1, -0.05) is 142 Å². The minimum absolute atomic E-state index is 0.0117. The second-order valence-electron chi connectivity index (χ2n) is 12.4. The molecule has 0 amide bonds. The summed E-state index contributed by atoms with van der Waals surface area (Å²) >= 11 is 0. The molecule has 0 aromatic rings. The molecular formula is C36H69NO4. The third-order valence-electron chi connectivity index (χ3n) is 8.35. The fourth-order valence-electron chi connectivity index (χ4n) is 5.64. The lowest BCUT2D eigenvalue weighted by molar-refractivity contribution is -0.150. The summed E-state index contributed by atoms with van der Waals surface area (Å²) in [6.07, 6.45) is 35.0. The summed E-state index contributed by atoms with van der Waals surface area (Å²) in [5.74, 6) is 0.0117. The van der Waals surface area contributed by atoms with Crippen LogP contribution in [0.5, 0.6) is 0 Å². The van der Waals surface area contributed by atoms with Gasteiger partial charge in [-0.15, -0.1) is 0 Å². The molecule has 0 aliphatic rings. The molecule has 1 N–H and O–H groups in total. The Hall–Kier alpha value is -1.19. The maximum atomic E-state index is 12.5. The number of aliphatic hydroxyl groups is 1. The molecule has 0 spiro atoms. The number of unbranched alkanes of at least 4 members (excludes halogenated alkanes) is 20. The molecule has 0 saturated carbocycles. The average Bonchev–Trinajstić information content (AvgIpc) is 2.97. The van der Waals surface area contributed by atoms with Gasteiger partial charge in [0, 0.05) is 6.42 Å². The van der Waals surface area contributed by atoms with E-state index in [1.54, 1.807) is 6.08 Å². The second-order valence-corrected chi connectivity index (χ2v) is 12.4. The van der Waals surface area contributed by atoms with E-state index < -0.39 is 0 Å². The number of isocyanates is 1. The van der Waals surface area contributed by atoms with Crippen LogP contribution in [0.4, 0.5) is 0 Å². The molecule has 0 radical (unpaired) electrons. The van der Waals surface area contributed by atoms with Crippen LogP contribution in [0.2, 0.25) is 0 Å². The van der Waals surface area contributed by atoms with Gasteiger partial charge in [-0.25, -0.2) is 9.79 Å². The van der Waals surface area contributed by atoms with Crippen LogP contribution in [0.15, 0.2) is 4.99 Å². The van der Waals surface area contributed by atoms with Crippen molar-refractivity contribution in [2.45, 2.75) is 212 Å². The molecule has 41 heavy (non-hydrogen) atoms. The molecular weight excluding hydrogens is 510 g/mol. The lowest BCUT2D eigenvalue weighted by Gasteiger charge is -2.18. The van der Waals surface area contributed by atoms with Crippen molar-refractivity contribution < 1.29 is 19.4 Å². The van der Waals surface area contributed by atoms with Crippen LogP contribution < -0.4 is 0 Å². The van der Waals surface area contributed by atoms with Gasteiger partial charge in [0.1, 0.15) is 6.10 Å². The van der Waals surface area contributed by atoms with Crippen molar-refractivity contribution in [1.82, 2.24) is 0 Å². The summed E-state index contributed by atoms with van der Waals surface area (Å²) in [5.41, 5.74) is 0. The predicted molar refractivity (Wildman–Crippen MR) is 174 cm³/mol. The first-order chi connectivity index (χ1) is 20.1. The molecule has 0 fully saturated rings. The van der Waals surface area contributed by atoms with Crippen LogP contribution in [0.25, 0.3) is 0 Å². The highest BCUT2D eigenvalue weighted by Crippen LogP contribution is 2.19. The minimum Gasteiger partial charge on any atom is -0.462 e. The van der Waals surface area contributed by atoms with E-state index in [9.17, 15) is 14.7 Å². The Morgan fingerprint density at radius 2 is 0.976 bits per heavy atom. The Morgan fingerprint density at radius 3 is 1.44 bits per heavy atom. The summed E-state index contributed by atoms with van der Waals surface area (Å²) in [4.78, 5) is 26.2. The Kier molecular flexibility index (Phi) is 32.3. The lowest BCUT2D eigenvalue weighted by atomic mass is 10.0. The van der Waals surface area contributed by atoms with Gasteiger partial charge in [0.15, 0.2) is 0 Å². The van der Waals surface area contributed by atoms with Crippen molar-refractivity contribution in [3.05, 3.63) is 0 Å². The normalized spacial score (nSPS) is 12.7. The number of carbonyl (C=O) groups excluding carboxylic acids is 2. The van der Waals surface area contributed by atoms with Gasteiger partial charge in [-0.05, 0) is 51.4 Å². The number of hydrogen-bond donors (Lipinski definition) is 1. The van der Waals surface area contributed by atoms with E-state index in [0.29, 0.717) is 13.0 Å². The zero-order chi connectivity index (χ0) is 30.1. The Morgan fingerprint density at radius 1 is 0.585 bits per heavy atom. The zero-order valence-electron chi connectivity index (χ0n) is 27.5. The lowest BCUT2D eigenvalue weighted by Crippen LogP contribution is -2.18. The van der Waals surface area contributed by atoms with E-state index in [2.05, 4.69) is 18.8 Å². The van der Waals surface area contributed by atoms with E-state index >= 15 is 0 Å². The highest BCUT2D eigenvalue weighted by atomic mass is 16.5. The first-order valence-electron chi connectivity index (χ1n) is 18.0. The van der Waals surface area contributed by atoms with Crippen LogP contribution in [0.3, 0.4) is 0 Å². The number of nitrogens with zero attached hydrogens (tertiary/aromatic N) is 1. The number of rotatable bonds is 33. The summed E-state index contributed by atoms with van der Waals surface area (Å²) in [6.45, 7) is 5.08. The SMILES string of the molecule is CCCCCCC(O)CCCCCCCCCCC(=O)OC(CCCCCC)CCCCCCCCCCN=C=O. The van der Waals surface area contributed by atoms with Crippen molar-refractivity contribution in [2.75, 3.05) is 6.54 Å². The third-order valence-corrected chi connectivity index (χ3v) is 8.35. The molecule has 0 bridgehead atoms. The van der Waals surface area contributed by atoms with Crippen molar-refractivity contribution in [2.24, 2.45) is 4.99 Å². The van der Waals surface area contributed by atoms with Gasteiger partial charge >= 0.3 is 5.97 Å². The zero-order valence-corrected chi connectivity index (χ0v) is 27.5. The summed E-state index contributed by atoms with van der Waals surface area (Å²) in [6, 6.07) is 0. The second kappa shape index (κ2) is 33.3. The monoisotopic (exact) mass is 580 g/mol. The summed E-state index contributed by atoms with van der Waals surface area (Å²) in [5, 5.41) is 10.1. The fraction of sp³-hybridized carbons (Fsp3) is 0.944. The number of carbonyl (C=O) groups is 1. The Balaban J connectivity index is 3.82. The van der Waals surface area contributed by atoms with E-state index in [0.717, 1.165) is 70.6 Å². The summed E-state index contributed by atoms with van der Waals surface area (Å²) < 4.78 is 5.95. The maximum Gasteiger partial charge on any atom is 0.306 e. The molecule has 5 nitrogen and oxygen atoms in total. The Labute approximate surface area is 255 Å². The molecule has 0 saturated heterocycles. The fourth-order valence-corrected chi connectivity index (χ4v) is 5.64. The number of ether oxygens (including phenoxy) is 1. The van der Waals surface area contributed by atoms with Crippen LogP contribution in [0.1, 0.15) is 200 Å². The highest BCUT2D eigenvalue weighted by Gasteiger charge is 2.14. The van der Waals surface area contributed by atoms with Crippen molar-refractivity contribution in [1.29, 1.82) is 0 Å². The smallest absolute Gasteiger partial charge is 0.306 e. The van der Waals surface area contributed by atoms with Gasteiger partial charge < -0.3 is 9.84 Å². The van der Waals surface area contributed by atoms with Crippen molar-refractivity contribution in [3.8, 4) is 0 Å². The first kappa shape index (κ1) is 39.8. The van der Waals surface area contributed by atoms with Gasteiger partial charge in [-0.2, -0.15) is 0 Å². The van der Waals surface area contributed by atoms with Gasteiger partial charge in [0.05, 0.1) is 12.6 Å². The maximum absolute atomic E-state index is 12.5. The van der Waals surface area contributed by atoms with Gasteiger partial charge in [-0.3, -0.25) is 4.79 Å². The molecule has 0 rings (SSSR count). The molecule has 5 heteroatoms. The largest absolute Gasteiger partial charge is 0.462 e. The molecule has 2 unspecified atom stereocenters. The standard InChI is InChI=1S/C36H69NO4/c1-3-5-7-21-27-34(39)28-22-17-13-9-10-15-19-25-31-36(40)41-35(29-23-8-6-4-2)30-24-18-14-11-12-16-20-26-32-37-33-38/h34-35,39H,3-32H2,1-2H3.